The maximum Gasteiger partial charge on any atom is 0.338 e. The molecule has 1 saturated carbocycles. The number of aliphatic hydroxyl groups excluding tert-OH is 1. The topological polar surface area (TPSA) is 134 Å². The van der Waals surface area contributed by atoms with Crippen molar-refractivity contribution in [3.05, 3.63) is 83.9 Å². The Morgan fingerprint density at radius 2 is 1.70 bits per heavy atom. The van der Waals surface area contributed by atoms with E-state index in [4.69, 9.17) is 9.47 Å². The molecule has 3 aromatic carbocycles. The summed E-state index contributed by atoms with van der Waals surface area (Å²) in [5.74, 6) is 0.213. The summed E-state index contributed by atoms with van der Waals surface area (Å²) in [5.41, 5.74) is 1.77. The summed E-state index contributed by atoms with van der Waals surface area (Å²) >= 11 is 0. The summed E-state index contributed by atoms with van der Waals surface area (Å²) in [4.78, 5) is 11.9. The molecule has 0 aromatic heterocycles. The molecule has 0 saturated heterocycles. The summed E-state index contributed by atoms with van der Waals surface area (Å²) in [6, 6.07) is 20.0. The first-order valence-corrected chi connectivity index (χ1v) is 15.0. The number of carbonyl (C=O) groups excluding carboxylic acids is 1. The number of sulfonamides is 1. The minimum absolute atomic E-state index is 0.00477. The van der Waals surface area contributed by atoms with Gasteiger partial charge in [-0.1, -0.05) is 30.3 Å². The summed E-state index contributed by atoms with van der Waals surface area (Å²) in [6.07, 6.45) is 3.20. The number of carbonyl (C=O) groups is 1. The predicted octanol–water partition coefficient (Wildman–Crippen LogP) is 4.43. The number of anilines is 1. The Morgan fingerprint density at radius 3 is 2.38 bits per heavy atom. The van der Waals surface area contributed by atoms with Gasteiger partial charge in [-0.3, -0.25) is 4.72 Å². The van der Waals surface area contributed by atoms with Gasteiger partial charge in [-0.05, 0) is 80.5 Å². The van der Waals surface area contributed by atoms with Gasteiger partial charge in [-0.15, -0.1) is 0 Å². The highest BCUT2D eigenvalue weighted by Gasteiger charge is 2.23. The van der Waals surface area contributed by atoms with E-state index in [2.05, 4.69) is 10.0 Å². The van der Waals surface area contributed by atoms with E-state index in [1.807, 2.05) is 24.3 Å². The van der Waals surface area contributed by atoms with Gasteiger partial charge in [0.15, 0.2) is 0 Å². The number of hydrogen-bond donors (Lipinski definition) is 4. The number of esters is 1. The van der Waals surface area contributed by atoms with Crippen LogP contribution < -0.4 is 14.8 Å². The van der Waals surface area contributed by atoms with Gasteiger partial charge in [0, 0.05) is 18.7 Å². The Hall–Kier alpha value is -3.60. The molecule has 0 aliphatic heterocycles. The maximum atomic E-state index is 12.6. The van der Waals surface area contributed by atoms with E-state index < -0.39 is 16.1 Å². The Bertz CT molecular complexity index is 1360. The third-order valence-electron chi connectivity index (χ3n) is 6.97. The van der Waals surface area contributed by atoms with Crippen molar-refractivity contribution in [3.8, 4) is 11.5 Å². The number of rotatable bonds is 12. The molecule has 214 valence electrons. The number of nitrogens with one attached hydrogen (secondary N) is 2. The summed E-state index contributed by atoms with van der Waals surface area (Å²) < 4.78 is 38.3. The van der Waals surface area contributed by atoms with Crippen molar-refractivity contribution in [2.45, 2.75) is 55.6 Å². The number of phenolic OH excluding ortho intramolecular Hbond substituents is 1. The highest BCUT2D eigenvalue weighted by molar-refractivity contribution is 7.92. The van der Waals surface area contributed by atoms with Gasteiger partial charge in [0.2, 0.25) is 0 Å². The van der Waals surface area contributed by atoms with Crippen molar-refractivity contribution in [1.82, 2.24) is 5.32 Å². The van der Waals surface area contributed by atoms with Crippen LogP contribution in [-0.4, -0.2) is 56.5 Å². The van der Waals surface area contributed by atoms with Crippen LogP contribution in [0.25, 0.3) is 0 Å². The van der Waals surface area contributed by atoms with Crippen molar-refractivity contribution in [1.29, 1.82) is 0 Å². The maximum absolute atomic E-state index is 12.6. The van der Waals surface area contributed by atoms with Gasteiger partial charge >= 0.3 is 5.97 Å². The molecule has 0 bridgehead atoms. The Balaban J connectivity index is 1.21. The van der Waals surface area contributed by atoms with E-state index in [9.17, 15) is 23.4 Å². The molecule has 1 fully saturated rings. The second-order valence-corrected chi connectivity index (χ2v) is 11.5. The molecule has 1 aliphatic rings. The summed E-state index contributed by atoms with van der Waals surface area (Å²) in [5, 5.41) is 24.0. The molecule has 0 heterocycles. The van der Waals surface area contributed by atoms with E-state index >= 15 is 0 Å². The van der Waals surface area contributed by atoms with Crippen molar-refractivity contribution < 1.29 is 32.9 Å². The van der Waals surface area contributed by atoms with Crippen LogP contribution in [0.1, 0.15) is 54.4 Å². The smallest absolute Gasteiger partial charge is 0.338 e. The van der Waals surface area contributed by atoms with E-state index in [-0.39, 0.29) is 35.0 Å². The van der Waals surface area contributed by atoms with Gasteiger partial charge in [-0.25, -0.2) is 13.2 Å². The fourth-order valence-electron chi connectivity index (χ4n) is 4.78. The van der Waals surface area contributed by atoms with Crippen molar-refractivity contribution in [3.63, 3.8) is 0 Å². The number of hydrogen-bond acceptors (Lipinski definition) is 8. The molecule has 0 radical (unpaired) electrons. The minimum atomic E-state index is -3.88. The van der Waals surface area contributed by atoms with Crippen LogP contribution in [0.5, 0.6) is 11.5 Å². The Kier molecular flexibility index (Phi) is 10.0. The zero-order chi connectivity index (χ0) is 28.5. The molecule has 3 aromatic rings. The van der Waals surface area contributed by atoms with E-state index in [0.717, 1.165) is 25.7 Å². The average molecular weight is 569 g/mol. The quantitative estimate of drug-likeness (QED) is 0.186. The number of aliphatic hydroxyl groups is 1. The molecule has 0 amide bonds. The lowest BCUT2D eigenvalue weighted by Crippen LogP contribution is -2.39. The first-order chi connectivity index (χ1) is 19.2. The molecule has 0 unspecified atom stereocenters. The average Bonchev–Trinajstić information content (AvgIpc) is 2.97. The van der Waals surface area contributed by atoms with Gasteiger partial charge in [0.1, 0.15) is 24.2 Å². The van der Waals surface area contributed by atoms with Gasteiger partial charge < -0.3 is 25.0 Å². The molecular weight excluding hydrogens is 532 g/mol. The van der Waals surface area contributed by atoms with E-state index in [1.54, 1.807) is 25.1 Å². The molecule has 1 atom stereocenters. The normalized spacial score (nSPS) is 18.1. The molecule has 0 spiro atoms. The van der Waals surface area contributed by atoms with Crippen LogP contribution in [-0.2, 0) is 14.8 Å². The lowest BCUT2D eigenvalue weighted by Gasteiger charge is -2.30. The van der Waals surface area contributed by atoms with Gasteiger partial charge in [0.25, 0.3) is 10.0 Å². The lowest BCUT2D eigenvalue weighted by molar-refractivity contribution is 0.0526. The largest absolute Gasteiger partial charge is 0.506 e. The zero-order valence-electron chi connectivity index (χ0n) is 22.5. The fourth-order valence-corrected chi connectivity index (χ4v) is 5.87. The van der Waals surface area contributed by atoms with Crippen molar-refractivity contribution in [2.24, 2.45) is 0 Å². The highest BCUT2D eigenvalue weighted by atomic mass is 32.2. The number of aromatic hydroxyl groups is 1. The van der Waals surface area contributed by atoms with Crippen LogP contribution in [0.3, 0.4) is 0 Å². The van der Waals surface area contributed by atoms with E-state index in [0.29, 0.717) is 30.4 Å². The third-order valence-corrected chi connectivity index (χ3v) is 8.35. The standard InChI is InChI=1S/C30H36N2O7S/c1-2-38-30(35)23-10-8-21(9-11-23)22-12-14-24(15-13-22)31-19-25(33)20-39-26-16-17-29(34)28(18-26)32-40(36,37)27-6-4-3-5-7-27/h3-11,16-18,22,24-25,31-34H,2,12-15,19-20H2,1H3/t22?,24?,25-/m0/s1. The van der Waals surface area contributed by atoms with Crippen LogP contribution in [0.4, 0.5) is 5.69 Å². The number of benzene rings is 3. The first kappa shape index (κ1) is 29.4. The fraction of sp³-hybridized carbons (Fsp3) is 0.367. The van der Waals surface area contributed by atoms with Crippen LogP contribution >= 0.6 is 0 Å². The van der Waals surface area contributed by atoms with Crippen LogP contribution in [0.15, 0.2) is 77.7 Å². The van der Waals surface area contributed by atoms with Crippen LogP contribution in [0.2, 0.25) is 0 Å². The SMILES string of the molecule is CCOC(=O)c1ccc(C2CCC(NC[C@H](O)COc3ccc(O)c(NS(=O)(=O)c4ccccc4)c3)CC2)cc1. The first-order valence-electron chi connectivity index (χ1n) is 13.5. The zero-order valence-corrected chi connectivity index (χ0v) is 23.3. The molecule has 1 aliphatic carbocycles. The monoisotopic (exact) mass is 568 g/mol. The lowest BCUT2D eigenvalue weighted by atomic mass is 9.81. The molecule has 4 N–H and O–H groups in total. The summed E-state index contributed by atoms with van der Waals surface area (Å²) in [7, 11) is -3.88. The number of ether oxygens (including phenoxy) is 2. The molecular formula is C30H36N2O7S. The molecule has 4 rings (SSSR count). The Labute approximate surface area is 235 Å². The number of phenols is 1. The highest BCUT2D eigenvalue weighted by Crippen LogP contribution is 2.33. The molecule has 9 nitrogen and oxygen atoms in total. The van der Waals surface area contributed by atoms with Crippen molar-refractivity contribution >= 4 is 21.7 Å². The van der Waals surface area contributed by atoms with Gasteiger partial charge in [0.05, 0.1) is 22.8 Å². The minimum Gasteiger partial charge on any atom is -0.506 e. The molecule has 40 heavy (non-hydrogen) atoms. The van der Waals surface area contributed by atoms with Crippen molar-refractivity contribution in [2.75, 3.05) is 24.5 Å². The van der Waals surface area contributed by atoms with Gasteiger partial charge in [-0.2, -0.15) is 0 Å². The van der Waals surface area contributed by atoms with Crippen LogP contribution in [0, 0.1) is 0 Å². The Morgan fingerprint density at radius 1 is 1.00 bits per heavy atom. The predicted molar refractivity (Wildman–Crippen MR) is 152 cm³/mol. The molecule has 10 heteroatoms. The second kappa shape index (κ2) is 13.6. The third kappa shape index (κ3) is 7.97. The second-order valence-electron chi connectivity index (χ2n) is 9.86. The van der Waals surface area contributed by atoms with E-state index in [1.165, 1.54) is 35.9 Å². The summed E-state index contributed by atoms with van der Waals surface area (Å²) in [6.45, 7) is 2.51.